The summed E-state index contributed by atoms with van der Waals surface area (Å²) in [6.07, 6.45) is 2.72. The lowest BCUT2D eigenvalue weighted by molar-refractivity contribution is 0.0597. The van der Waals surface area contributed by atoms with Crippen LogP contribution in [0.25, 0.3) is 10.9 Å². The molecule has 0 aliphatic heterocycles. The number of hydrogen-bond acceptors (Lipinski definition) is 3. The molecule has 35 heavy (non-hydrogen) atoms. The van der Waals surface area contributed by atoms with Crippen molar-refractivity contribution in [2.24, 2.45) is 0 Å². The molecule has 0 atom stereocenters. The van der Waals surface area contributed by atoms with E-state index in [4.69, 9.17) is 16.3 Å². The Morgan fingerprint density at radius 2 is 1.57 bits per heavy atom. The molecule has 0 aliphatic rings. The van der Waals surface area contributed by atoms with Crippen LogP contribution in [0, 0.1) is 0 Å². The smallest absolute Gasteiger partial charge is 0.341 e. The standard InChI is InChI=1S/C30H24ClNO3/c1-35-30(34)26-17-20(12-15-28(26)33)16-23-19-32(27-14-13-24(31)18-25(23)27)29(21-8-4-2-5-9-21)22-10-6-3-7-11-22/h2-15,17-19,29,33H,16H2,1H3. The van der Waals surface area contributed by atoms with Crippen LogP contribution in [0.5, 0.6) is 5.75 Å². The molecular formula is C30H24ClNO3. The zero-order valence-corrected chi connectivity index (χ0v) is 19.9. The molecule has 1 heterocycles. The van der Waals surface area contributed by atoms with Gasteiger partial charge in [0.2, 0.25) is 0 Å². The molecule has 0 aliphatic carbocycles. The fraction of sp³-hybridized carbons (Fsp3) is 0.100. The van der Waals surface area contributed by atoms with E-state index in [1.807, 2.05) is 30.3 Å². The van der Waals surface area contributed by atoms with Crippen molar-refractivity contribution in [1.82, 2.24) is 4.57 Å². The van der Waals surface area contributed by atoms with Crippen molar-refractivity contribution in [3.63, 3.8) is 0 Å². The molecule has 0 saturated carbocycles. The fourth-order valence-corrected chi connectivity index (χ4v) is 4.80. The van der Waals surface area contributed by atoms with Gasteiger partial charge in [0.1, 0.15) is 11.3 Å². The Bertz CT molecular complexity index is 1450. The van der Waals surface area contributed by atoms with E-state index < -0.39 is 5.97 Å². The minimum absolute atomic E-state index is 0.0275. The Kier molecular flexibility index (Phi) is 6.30. The maximum atomic E-state index is 12.1. The Balaban J connectivity index is 1.67. The van der Waals surface area contributed by atoms with Gasteiger partial charge >= 0.3 is 5.97 Å². The van der Waals surface area contributed by atoms with Crippen molar-refractivity contribution in [2.75, 3.05) is 7.11 Å². The fourth-order valence-electron chi connectivity index (χ4n) is 4.62. The topological polar surface area (TPSA) is 51.5 Å². The van der Waals surface area contributed by atoms with Gasteiger partial charge in [-0.1, -0.05) is 78.3 Å². The molecule has 0 unspecified atom stereocenters. The zero-order valence-electron chi connectivity index (χ0n) is 19.2. The van der Waals surface area contributed by atoms with Gasteiger partial charge in [0.05, 0.1) is 13.2 Å². The molecule has 1 N–H and O–H groups in total. The Hall–Kier alpha value is -4.02. The summed E-state index contributed by atoms with van der Waals surface area (Å²) in [7, 11) is 1.30. The molecule has 4 aromatic carbocycles. The number of esters is 1. The van der Waals surface area contributed by atoms with Crippen molar-refractivity contribution in [3.05, 3.63) is 136 Å². The van der Waals surface area contributed by atoms with Crippen LogP contribution in [0.2, 0.25) is 5.02 Å². The number of benzene rings is 4. The van der Waals surface area contributed by atoms with Gasteiger partial charge in [-0.2, -0.15) is 0 Å². The highest BCUT2D eigenvalue weighted by molar-refractivity contribution is 6.31. The van der Waals surface area contributed by atoms with E-state index in [1.165, 1.54) is 24.3 Å². The summed E-state index contributed by atoms with van der Waals surface area (Å²) < 4.78 is 7.11. The minimum Gasteiger partial charge on any atom is -0.507 e. The highest BCUT2D eigenvalue weighted by atomic mass is 35.5. The molecule has 174 valence electrons. The van der Waals surface area contributed by atoms with Crippen molar-refractivity contribution >= 4 is 28.5 Å². The third kappa shape index (κ3) is 4.53. The lowest BCUT2D eigenvalue weighted by atomic mass is 9.98. The molecule has 0 bridgehead atoms. The molecular weight excluding hydrogens is 458 g/mol. The van der Waals surface area contributed by atoms with Crippen LogP contribution in [-0.2, 0) is 11.2 Å². The van der Waals surface area contributed by atoms with Gasteiger partial charge in [-0.3, -0.25) is 0 Å². The van der Waals surface area contributed by atoms with E-state index in [-0.39, 0.29) is 17.4 Å². The summed E-state index contributed by atoms with van der Waals surface area (Å²) in [5.41, 5.74) is 5.52. The van der Waals surface area contributed by atoms with Crippen LogP contribution in [0.3, 0.4) is 0 Å². The quantitative estimate of drug-likeness (QED) is 0.265. The number of hydrogen-bond donors (Lipinski definition) is 1. The van der Waals surface area contributed by atoms with Gasteiger partial charge in [-0.15, -0.1) is 0 Å². The molecule has 0 saturated heterocycles. The average Bonchev–Trinajstić information content (AvgIpc) is 3.23. The molecule has 0 fully saturated rings. The number of rotatable bonds is 6. The third-order valence-electron chi connectivity index (χ3n) is 6.25. The predicted octanol–water partition coefficient (Wildman–Crippen LogP) is 7.02. The number of nitrogens with zero attached hydrogens (tertiary/aromatic N) is 1. The number of methoxy groups -OCH3 is 1. The van der Waals surface area contributed by atoms with E-state index in [0.717, 1.165) is 22.0 Å². The van der Waals surface area contributed by atoms with Crippen LogP contribution in [0.15, 0.2) is 103 Å². The number of phenols is 1. The second kappa shape index (κ2) is 9.69. The lowest BCUT2D eigenvalue weighted by Crippen LogP contribution is -2.11. The highest BCUT2D eigenvalue weighted by Gasteiger charge is 2.21. The maximum absolute atomic E-state index is 12.1. The summed E-state index contributed by atoms with van der Waals surface area (Å²) in [6, 6.07) is 31.8. The number of fused-ring (bicyclic) bond motifs is 1. The Morgan fingerprint density at radius 3 is 2.20 bits per heavy atom. The molecule has 0 amide bonds. The SMILES string of the molecule is COC(=O)c1cc(Cc2cn(C(c3ccccc3)c3ccccc3)c3ccc(Cl)cc23)ccc1O. The summed E-state index contributed by atoms with van der Waals surface area (Å²) in [6.45, 7) is 0. The predicted molar refractivity (Wildman–Crippen MR) is 139 cm³/mol. The first-order valence-electron chi connectivity index (χ1n) is 11.3. The van der Waals surface area contributed by atoms with E-state index in [2.05, 4.69) is 65.4 Å². The lowest BCUT2D eigenvalue weighted by Gasteiger charge is -2.21. The molecule has 0 spiro atoms. The number of aromatic nitrogens is 1. The second-order valence-electron chi connectivity index (χ2n) is 8.47. The number of carbonyl (C=O) groups is 1. The summed E-state index contributed by atoms with van der Waals surface area (Å²) >= 11 is 6.42. The summed E-state index contributed by atoms with van der Waals surface area (Å²) in [5, 5.41) is 11.8. The number of halogens is 1. The second-order valence-corrected chi connectivity index (χ2v) is 8.90. The number of phenolic OH excluding ortho intramolecular Hbond substituents is 1. The summed E-state index contributed by atoms with van der Waals surface area (Å²) in [4.78, 5) is 12.1. The van der Waals surface area contributed by atoms with Crippen LogP contribution >= 0.6 is 11.6 Å². The van der Waals surface area contributed by atoms with Gasteiger partial charge < -0.3 is 14.4 Å². The molecule has 1 aromatic heterocycles. The average molecular weight is 482 g/mol. The first-order valence-corrected chi connectivity index (χ1v) is 11.7. The van der Waals surface area contributed by atoms with Gasteiger partial charge in [-0.05, 0) is 59.0 Å². The van der Waals surface area contributed by atoms with Crippen molar-refractivity contribution in [2.45, 2.75) is 12.5 Å². The molecule has 4 nitrogen and oxygen atoms in total. The number of aromatic hydroxyl groups is 1. The maximum Gasteiger partial charge on any atom is 0.341 e. The van der Waals surface area contributed by atoms with E-state index in [1.54, 1.807) is 6.07 Å². The minimum atomic E-state index is -0.567. The molecule has 5 aromatic rings. The largest absolute Gasteiger partial charge is 0.507 e. The van der Waals surface area contributed by atoms with Gasteiger partial charge in [0, 0.05) is 22.1 Å². The van der Waals surface area contributed by atoms with Gasteiger partial charge in [0.25, 0.3) is 0 Å². The first-order chi connectivity index (χ1) is 17.0. The Labute approximate surface area is 209 Å². The number of ether oxygens (including phenoxy) is 1. The summed E-state index contributed by atoms with van der Waals surface area (Å²) in [5.74, 6) is -0.665. The van der Waals surface area contributed by atoms with E-state index in [9.17, 15) is 9.90 Å². The normalized spacial score (nSPS) is 11.2. The molecule has 0 radical (unpaired) electrons. The van der Waals surface area contributed by atoms with E-state index in [0.29, 0.717) is 11.4 Å². The van der Waals surface area contributed by atoms with E-state index >= 15 is 0 Å². The van der Waals surface area contributed by atoms with Crippen LogP contribution in [0.4, 0.5) is 0 Å². The van der Waals surface area contributed by atoms with Gasteiger partial charge in [-0.25, -0.2) is 4.79 Å². The molecule has 5 heteroatoms. The van der Waals surface area contributed by atoms with Crippen LogP contribution < -0.4 is 0 Å². The molecule has 5 rings (SSSR count). The Morgan fingerprint density at radius 1 is 0.914 bits per heavy atom. The third-order valence-corrected chi connectivity index (χ3v) is 6.48. The van der Waals surface area contributed by atoms with Crippen LogP contribution in [-0.4, -0.2) is 22.8 Å². The van der Waals surface area contributed by atoms with Crippen molar-refractivity contribution < 1.29 is 14.6 Å². The number of carbonyl (C=O) groups excluding carboxylic acids is 1. The highest BCUT2D eigenvalue weighted by Crippen LogP contribution is 2.35. The van der Waals surface area contributed by atoms with Crippen molar-refractivity contribution in [1.29, 1.82) is 0 Å². The first kappa shape index (κ1) is 22.8. The van der Waals surface area contributed by atoms with Crippen molar-refractivity contribution in [3.8, 4) is 5.75 Å². The zero-order chi connectivity index (χ0) is 24.4. The monoisotopic (exact) mass is 481 g/mol. The van der Waals surface area contributed by atoms with Gasteiger partial charge in [0.15, 0.2) is 0 Å². The van der Waals surface area contributed by atoms with Crippen LogP contribution in [0.1, 0.15) is 38.7 Å².